The van der Waals surface area contributed by atoms with Crippen LogP contribution in [0.4, 0.5) is 5.69 Å². The van der Waals surface area contributed by atoms with Gasteiger partial charge in [0.2, 0.25) is 0 Å². The topological polar surface area (TPSA) is 66.6 Å². The average molecular weight is 305 g/mol. The molecule has 0 saturated carbocycles. The van der Waals surface area contributed by atoms with Crippen molar-refractivity contribution in [3.8, 4) is 5.69 Å². The maximum absolute atomic E-state index is 10.9. The van der Waals surface area contributed by atoms with Crippen molar-refractivity contribution in [2.45, 2.75) is 0 Å². The molecule has 2 N–H and O–H groups in total. The number of carbonyl (C=O) groups is 1. The molecule has 23 heavy (non-hydrogen) atoms. The molecule has 0 fully saturated rings. The van der Waals surface area contributed by atoms with Gasteiger partial charge >= 0.3 is 5.97 Å². The number of hydrogen-bond acceptors (Lipinski definition) is 3. The standard InChI is InChI=1S/C18H15N3O2/c22-18(23)14-8-10-16(11-9-14)21-12-4-7-17(21)13-19-20-15-5-2-1-3-6-15/h1-13,20H,(H,22,23)/b19-13-. The Balaban J connectivity index is 1.78. The molecule has 0 aliphatic carbocycles. The largest absolute Gasteiger partial charge is 0.478 e. The zero-order valence-corrected chi connectivity index (χ0v) is 12.3. The van der Waals surface area contributed by atoms with E-state index in [1.807, 2.05) is 53.2 Å². The van der Waals surface area contributed by atoms with Gasteiger partial charge in [-0.2, -0.15) is 5.10 Å². The number of nitrogens with one attached hydrogen (secondary N) is 1. The van der Waals surface area contributed by atoms with Gasteiger partial charge in [0.25, 0.3) is 0 Å². The fraction of sp³-hybridized carbons (Fsp3) is 0. The zero-order valence-electron chi connectivity index (χ0n) is 12.3. The van der Waals surface area contributed by atoms with Gasteiger partial charge in [-0.15, -0.1) is 0 Å². The summed E-state index contributed by atoms with van der Waals surface area (Å²) >= 11 is 0. The lowest BCUT2D eigenvalue weighted by molar-refractivity contribution is 0.0697. The van der Waals surface area contributed by atoms with Gasteiger partial charge in [0.05, 0.1) is 23.2 Å². The summed E-state index contributed by atoms with van der Waals surface area (Å²) in [4.78, 5) is 10.9. The van der Waals surface area contributed by atoms with Crippen molar-refractivity contribution in [1.29, 1.82) is 0 Å². The summed E-state index contributed by atoms with van der Waals surface area (Å²) in [5, 5.41) is 13.2. The molecule has 5 nitrogen and oxygen atoms in total. The van der Waals surface area contributed by atoms with Crippen molar-refractivity contribution >= 4 is 17.9 Å². The third kappa shape index (κ3) is 3.47. The van der Waals surface area contributed by atoms with Gasteiger partial charge in [0.15, 0.2) is 0 Å². The Morgan fingerprint density at radius 3 is 2.43 bits per heavy atom. The number of aromatic nitrogens is 1. The third-order valence-electron chi connectivity index (χ3n) is 3.34. The van der Waals surface area contributed by atoms with Gasteiger partial charge in [-0.3, -0.25) is 5.43 Å². The maximum Gasteiger partial charge on any atom is 0.335 e. The van der Waals surface area contributed by atoms with Gasteiger partial charge < -0.3 is 9.67 Å². The second-order valence-electron chi connectivity index (χ2n) is 4.89. The van der Waals surface area contributed by atoms with E-state index in [9.17, 15) is 4.79 Å². The number of hydrogen-bond donors (Lipinski definition) is 2. The number of benzene rings is 2. The first-order valence-electron chi connectivity index (χ1n) is 7.09. The third-order valence-corrected chi connectivity index (χ3v) is 3.34. The van der Waals surface area contributed by atoms with E-state index < -0.39 is 5.97 Å². The number of aromatic carboxylic acids is 1. The van der Waals surface area contributed by atoms with Crippen LogP contribution in [0.5, 0.6) is 0 Å². The van der Waals surface area contributed by atoms with Crippen molar-refractivity contribution in [3.63, 3.8) is 0 Å². The molecule has 5 heteroatoms. The van der Waals surface area contributed by atoms with Gasteiger partial charge in [-0.05, 0) is 48.5 Å². The number of nitrogens with zero attached hydrogens (tertiary/aromatic N) is 2. The predicted octanol–water partition coefficient (Wildman–Crippen LogP) is 3.62. The molecule has 0 amide bonds. The zero-order chi connectivity index (χ0) is 16.1. The molecular formula is C18H15N3O2. The van der Waals surface area contributed by atoms with Crippen LogP contribution in [0.25, 0.3) is 5.69 Å². The molecule has 0 saturated heterocycles. The average Bonchev–Trinajstić information content (AvgIpc) is 3.04. The minimum absolute atomic E-state index is 0.266. The molecule has 2 aromatic carbocycles. The number of rotatable bonds is 5. The summed E-state index contributed by atoms with van der Waals surface area (Å²) in [6.45, 7) is 0. The van der Waals surface area contributed by atoms with Crippen LogP contribution in [0.1, 0.15) is 16.1 Å². The van der Waals surface area contributed by atoms with Crippen molar-refractivity contribution in [2.75, 3.05) is 5.43 Å². The lowest BCUT2D eigenvalue weighted by Gasteiger charge is -2.06. The maximum atomic E-state index is 10.9. The molecule has 0 unspecified atom stereocenters. The van der Waals surface area contributed by atoms with E-state index in [0.717, 1.165) is 17.1 Å². The highest BCUT2D eigenvalue weighted by atomic mass is 16.4. The first kappa shape index (κ1) is 14.6. The smallest absolute Gasteiger partial charge is 0.335 e. The fourth-order valence-corrected chi connectivity index (χ4v) is 2.18. The molecule has 0 spiro atoms. The molecule has 0 bridgehead atoms. The summed E-state index contributed by atoms with van der Waals surface area (Å²) in [5.41, 5.74) is 5.90. The number of carboxylic acid groups (broad SMARTS) is 1. The summed E-state index contributed by atoms with van der Waals surface area (Å²) in [6.07, 6.45) is 3.62. The molecule has 114 valence electrons. The Morgan fingerprint density at radius 2 is 1.74 bits per heavy atom. The molecule has 0 aliphatic heterocycles. The van der Waals surface area contributed by atoms with E-state index in [2.05, 4.69) is 10.5 Å². The monoisotopic (exact) mass is 305 g/mol. The first-order valence-corrected chi connectivity index (χ1v) is 7.09. The SMILES string of the molecule is O=C(O)c1ccc(-n2cccc2/C=N\Nc2ccccc2)cc1. The number of hydrazone groups is 1. The predicted molar refractivity (Wildman–Crippen MR) is 90.4 cm³/mol. The number of para-hydroxylation sites is 1. The normalized spacial score (nSPS) is 10.8. The lowest BCUT2D eigenvalue weighted by atomic mass is 10.2. The fourth-order valence-electron chi connectivity index (χ4n) is 2.18. The van der Waals surface area contributed by atoms with E-state index in [-0.39, 0.29) is 5.56 Å². The Labute approximate surface area is 133 Å². The molecular weight excluding hydrogens is 290 g/mol. The van der Waals surface area contributed by atoms with Crippen molar-refractivity contribution < 1.29 is 9.90 Å². The van der Waals surface area contributed by atoms with Crippen LogP contribution < -0.4 is 5.43 Å². The van der Waals surface area contributed by atoms with Crippen LogP contribution in [-0.4, -0.2) is 21.9 Å². The summed E-state index contributed by atoms with van der Waals surface area (Å²) in [5.74, 6) is -0.932. The molecule has 1 heterocycles. The highest BCUT2D eigenvalue weighted by Gasteiger charge is 2.04. The van der Waals surface area contributed by atoms with Gasteiger partial charge in [0.1, 0.15) is 0 Å². The summed E-state index contributed by atoms with van der Waals surface area (Å²) < 4.78 is 1.93. The van der Waals surface area contributed by atoms with Crippen LogP contribution in [-0.2, 0) is 0 Å². The Kier molecular flexibility index (Phi) is 4.20. The minimum atomic E-state index is -0.932. The van der Waals surface area contributed by atoms with Crippen molar-refractivity contribution in [1.82, 2.24) is 4.57 Å². The number of carboxylic acids is 1. The van der Waals surface area contributed by atoms with Crippen LogP contribution in [0, 0.1) is 0 Å². The highest BCUT2D eigenvalue weighted by Crippen LogP contribution is 2.13. The van der Waals surface area contributed by atoms with Gasteiger partial charge in [0, 0.05) is 11.9 Å². The van der Waals surface area contributed by atoms with E-state index in [4.69, 9.17) is 5.11 Å². The van der Waals surface area contributed by atoms with Crippen LogP contribution >= 0.6 is 0 Å². The minimum Gasteiger partial charge on any atom is -0.478 e. The van der Waals surface area contributed by atoms with Crippen molar-refractivity contribution in [3.05, 3.63) is 84.2 Å². The van der Waals surface area contributed by atoms with Crippen LogP contribution in [0.2, 0.25) is 0 Å². The van der Waals surface area contributed by atoms with E-state index in [0.29, 0.717) is 0 Å². The molecule has 1 aromatic heterocycles. The molecule has 0 atom stereocenters. The van der Waals surface area contributed by atoms with Crippen LogP contribution in [0.15, 0.2) is 78.0 Å². The van der Waals surface area contributed by atoms with Crippen LogP contribution in [0.3, 0.4) is 0 Å². The van der Waals surface area contributed by atoms with Gasteiger partial charge in [-0.25, -0.2) is 4.79 Å². The highest BCUT2D eigenvalue weighted by molar-refractivity contribution is 5.87. The molecule has 0 radical (unpaired) electrons. The molecule has 3 aromatic rings. The Hall–Kier alpha value is -3.34. The van der Waals surface area contributed by atoms with E-state index in [1.54, 1.807) is 30.5 Å². The first-order chi connectivity index (χ1) is 11.2. The Morgan fingerprint density at radius 1 is 1.00 bits per heavy atom. The summed E-state index contributed by atoms with van der Waals surface area (Å²) in [6, 6.07) is 20.2. The second-order valence-corrected chi connectivity index (χ2v) is 4.89. The lowest BCUT2D eigenvalue weighted by Crippen LogP contribution is -2.01. The molecule has 0 aliphatic rings. The number of anilines is 1. The second kappa shape index (κ2) is 6.62. The molecule has 3 rings (SSSR count). The van der Waals surface area contributed by atoms with E-state index >= 15 is 0 Å². The van der Waals surface area contributed by atoms with Gasteiger partial charge in [-0.1, -0.05) is 18.2 Å². The Bertz CT molecular complexity index is 821. The van der Waals surface area contributed by atoms with Crippen molar-refractivity contribution in [2.24, 2.45) is 5.10 Å². The summed E-state index contributed by atoms with van der Waals surface area (Å²) in [7, 11) is 0. The van der Waals surface area contributed by atoms with E-state index in [1.165, 1.54) is 0 Å². The quantitative estimate of drug-likeness (QED) is 0.559.